The number of benzene rings is 2. The molecule has 6 nitrogen and oxygen atoms in total. The van der Waals surface area contributed by atoms with Gasteiger partial charge in [-0.15, -0.1) is 0 Å². The summed E-state index contributed by atoms with van der Waals surface area (Å²) in [7, 11) is 0. The van der Waals surface area contributed by atoms with Crippen LogP contribution >= 0.6 is 0 Å². The molecule has 0 bridgehead atoms. The molecule has 1 heterocycles. The Hall–Kier alpha value is -2.73. The molecule has 0 aliphatic carbocycles. The van der Waals surface area contributed by atoms with Crippen LogP contribution in [0, 0.1) is 10.1 Å². The van der Waals surface area contributed by atoms with Crippen LogP contribution in [0.1, 0.15) is 11.4 Å². The maximum atomic E-state index is 10.7. The molecule has 106 valence electrons. The van der Waals surface area contributed by atoms with Crippen LogP contribution in [0.25, 0.3) is 11.0 Å². The molecular formula is C15H14N4O2. The molecule has 0 aliphatic heterocycles. The standard InChI is InChI=1S/C15H14N4O2/c20-19(21)12-5-3-4-11(8-12)9-16-10-15-17-13-6-1-2-7-14(13)18-15/h1-8,16H,9-10H2,(H,17,18). The first-order valence-electron chi connectivity index (χ1n) is 6.60. The van der Waals surface area contributed by atoms with Gasteiger partial charge in [0.15, 0.2) is 0 Å². The highest BCUT2D eigenvalue weighted by Crippen LogP contribution is 2.13. The Labute approximate surface area is 121 Å². The monoisotopic (exact) mass is 282 g/mol. The SMILES string of the molecule is O=[N+]([O-])c1cccc(CNCc2nc3ccccc3[nH]2)c1. The van der Waals surface area contributed by atoms with E-state index >= 15 is 0 Å². The lowest BCUT2D eigenvalue weighted by Crippen LogP contribution is -2.13. The zero-order valence-corrected chi connectivity index (χ0v) is 11.2. The number of H-pyrrole nitrogens is 1. The molecule has 3 aromatic rings. The molecule has 2 aromatic carbocycles. The molecule has 2 N–H and O–H groups in total. The molecule has 0 unspecified atom stereocenters. The summed E-state index contributed by atoms with van der Waals surface area (Å²) < 4.78 is 0. The predicted molar refractivity (Wildman–Crippen MR) is 79.7 cm³/mol. The number of aromatic nitrogens is 2. The number of nitrogens with one attached hydrogen (secondary N) is 2. The van der Waals surface area contributed by atoms with E-state index in [-0.39, 0.29) is 10.6 Å². The second-order valence-electron chi connectivity index (χ2n) is 4.73. The maximum absolute atomic E-state index is 10.7. The Morgan fingerprint density at radius 1 is 1.14 bits per heavy atom. The van der Waals surface area contributed by atoms with Gasteiger partial charge in [0.2, 0.25) is 0 Å². The third-order valence-electron chi connectivity index (χ3n) is 3.18. The number of aromatic amines is 1. The molecule has 21 heavy (non-hydrogen) atoms. The number of imidazole rings is 1. The zero-order valence-electron chi connectivity index (χ0n) is 11.2. The van der Waals surface area contributed by atoms with Crippen molar-refractivity contribution in [3.8, 4) is 0 Å². The number of fused-ring (bicyclic) bond motifs is 1. The molecule has 0 spiro atoms. The van der Waals surface area contributed by atoms with Crippen molar-refractivity contribution in [1.82, 2.24) is 15.3 Å². The van der Waals surface area contributed by atoms with E-state index in [4.69, 9.17) is 0 Å². The van der Waals surface area contributed by atoms with Gasteiger partial charge in [-0.05, 0) is 17.7 Å². The second-order valence-corrected chi connectivity index (χ2v) is 4.73. The number of nitrogens with zero attached hydrogens (tertiary/aromatic N) is 2. The van der Waals surface area contributed by atoms with Gasteiger partial charge in [-0.3, -0.25) is 10.1 Å². The van der Waals surface area contributed by atoms with Gasteiger partial charge in [-0.1, -0.05) is 24.3 Å². The Kier molecular flexibility index (Phi) is 3.61. The van der Waals surface area contributed by atoms with Crippen molar-refractivity contribution in [2.75, 3.05) is 0 Å². The van der Waals surface area contributed by atoms with E-state index in [1.54, 1.807) is 12.1 Å². The van der Waals surface area contributed by atoms with Crippen molar-refractivity contribution >= 4 is 16.7 Å². The van der Waals surface area contributed by atoms with Gasteiger partial charge in [-0.2, -0.15) is 0 Å². The molecule has 6 heteroatoms. The molecular weight excluding hydrogens is 268 g/mol. The predicted octanol–water partition coefficient (Wildman–Crippen LogP) is 2.76. The minimum Gasteiger partial charge on any atom is -0.341 e. The molecule has 0 saturated carbocycles. The number of nitro benzene ring substituents is 1. The van der Waals surface area contributed by atoms with Gasteiger partial charge < -0.3 is 10.3 Å². The quantitative estimate of drug-likeness (QED) is 0.556. The van der Waals surface area contributed by atoms with Crippen LogP contribution < -0.4 is 5.32 Å². The van der Waals surface area contributed by atoms with Crippen LogP contribution in [0.2, 0.25) is 0 Å². The molecule has 0 fully saturated rings. The number of non-ortho nitro benzene ring substituents is 1. The molecule has 0 aliphatic rings. The van der Waals surface area contributed by atoms with E-state index < -0.39 is 0 Å². The van der Waals surface area contributed by atoms with E-state index in [9.17, 15) is 10.1 Å². The van der Waals surface area contributed by atoms with Crippen molar-refractivity contribution in [2.24, 2.45) is 0 Å². The van der Waals surface area contributed by atoms with Crippen LogP contribution in [0.15, 0.2) is 48.5 Å². The average molecular weight is 282 g/mol. The van der Waals surface area contributed by atoms with Gasteiger partial charge in [0.05, 0.1) is 22.5 Å². The van der Waals surface area contributed by atoms with E-state index in [0.29, 0.717) is 13.1 Å². The third-order valence-corrected chi connectivity index (χ3v) is 3.18. The number of para-hydroxylation sites is 2. The van der Waals surface area contributed by atoms with Crippen LogP contribution in [0.4, 0.5) is 5.69 Å². The maximum Gasteiger partial charge on any atom is 0.269 e. The van der Waals surface area contributed by atoms with Crippen molar-refractivity contribution in [3.63, 3.8) is 0 Å². The van der Waals surface area contributed by atoms with Gasteiger partial charge in [0, 0.05) is 18.7 Å². The first kappa shape index (κ1) is 13.3. The van der Waals surface area contributed by atoms with Gasteiger partial charge in [0.25, 0.3) is 5.69 Å². The van der Waals surface area contributed by atoms with Gasteiger partial charge in [0.1, 0.15) is 5.82 Å². The van der Waals surface area contributed by atoms with Crippen LogP contribution in [-0.4, -0.2) is 14.9 Å². The molecule has 1 aromatic heterocycles. The Bertz CT molecular complexity index is 749. The summed E-state index contributed by atoms with van der Waals surface area (Å²) in [5.41, 5.74) is 2.92. The van der Waals surface area contributed by atoms with Crippen molar-refractivity contribution in [2.45, 2.75) is 13.1 Å². The second kappa shape index (κ2) is 5.72. The fraction of sp³-hybridized carbons (Fsp3) is 0.133. The largest absolute Gasteiger partial charge is 0.341 e. The van der Waals surface area contributed by atoms with E-state index in [1.165, 1.54) is 6.07 Å². The third kappa shape index (κ3) is 3.06. The minimum atomic E-state index is -0.386. The Morgan fingerprint density at radius 2 is 2.00 bits per heavy atom. The molecule has 0 atom stereocenters. The van der Waals surface area contributed by atoms with Crippen molar-refractivity contribution in [1.29, 1.82) is 0 Å². The van der Waals surface area contributed by atoms with Gasteiger partial charge in [-0.25, -0.2) is 4.98 Å². The van der Waals surface area contributed by atoms with E-state index in [2.05, 4.69) is 15.3 Å². The van der Waals surface area contributed by atoms with E-state index in [1.807, 2.05) is 30.3 Å². The van der Waals surface area contributed by atoms with E-state index in [0.717, 1.165) is 22.4 Å². The molecule has 0 radical (unpaired) electrons. The summed E-state index contributed by atoms with van der Waals surface area (Å²) in [6, 6.07) is 14.5. The highest BCUT2D eigenvalue weighted by Gasteiger charge is 2.06. The average Bonchev–Trinajstić information content (AvgIpc) is 2.90. The first-order chi connectivity index (χ1) is 10.2. The summed E-state index contributed by atoms with van der Waals surface area (Å²) in [5, 5.41) is 13.9. The highest BCUT2D eigenvalue weighted by atomic mass is 16.6. The molecule has 0 amide bonds. The van der Waals surface area contributed by atoms with Crippen LogP contribution in [0.5, 0.6) is 0 Å². The normalized spacial score (nSPS) is 10.9. The number of rotatable bonds is 5. The lowest BCUT2D eigenvalue weighted by Gasteiger charge is -2.02. The lowest BCUT2D eigenvalue weighted by atomic mass is 10.2. The summed E-state index contributed by atoms with van der Waals surface area (Å²) in [6.45, 7) is 1.14. The zero-order chi connectivity index (χ0) is 14.7. The molecule has 3 rings (SSSR count). The lowest BCUT2D eigenvalue weighted by molar-refractivity contribution is -0.384. The minimum absolute atomic E-state index is 0.109. The number of hydrogen-bond donors (Lipinski definition) is 2. The van der Waals surface area contributed by atoms with Crippen molar-refractivity contribution in [3.05, 3.63) is 70.0 Å². The topological polar surface area (TPSA) is 83.8 Å². The van der Waals surface area contributed by atoms with Crippen molar-refractivity contribution < 1.29 is 4.92 Å². The Balaban J connectivity index is 1.63. The summed E-state index contributed by atoms with van der Waals surface area (Å²) >= 11 is 0. The summed E-state index contributed by atoms with van der Waals surface area (Å²) in [5.74, 6) is 0.849. The van der Waals surface area contributed by atoms with Crippen LogP contribution in [-0.2, 0) is 13.1 Å². The summed E-state index contributed by atoms with van der Waals surface area (Å²) in [6.07, 6.45) is 0. The highest BCUT2D eigenvalue weighted by molar-refractivity contribution is 5.74. The summed E-state index contributed by atoms with van der Waals surface area (Å²) in [4.78, 5) is 18.0. The van der Waals surface area contributed by atoms with Gasteiger partial charge >= 0.3 is 0 Å². The first-order valence-corrected chi connectivity index (χ1v) is 6.60. The number of nitro groups is 1. The number of hydrogen-bond acceptors (Lipinski definition) is 4. The fourth-order valence-electron chi connectivity index (χ4n) is 2.19. The van der Waals surface area contributed by atoms with Crippen LogP contribution in [0.3, 0.4) is 0 Å². The molecule has 0 saturated heterocycles. The Morgan fingerprint density at radius 3 is 2.81 bits per heavy atom. The fourth-order valence-corrected chi connectivity index (χ4v) is 2.19. The smallest absolute Gasteiger partial charge is 0.269 e.